The summed E-state index contributed by atoms with van der Waals surface area (Å²) in [5.74, 6) is 0.773. The van der Waals surface area contributed by atoms with Gasteiger partial charge >= 0.3 is 0 Å². The molecule has 0 aliphatic rings. The normalized spacial score (nSPS) is 11.4. The van der Waals surface area contributed by atoms with Gasteiger partial charge < -0.3 is 9.30 Å². The van der Waals surface area contributed by atoms with E-state index in [-0.39, 0.29) is 11.1 Å². The topological polar surface area (TPSA) is 85.1 Å². The van der Waals surface area contributed by atoms with Gasteiger partial charge in [-0.05, 0) is 48.5 Å². The van der Waals surface area contributed by atoms with Crippen LogP contribution in [0.25, 0.3) is 16.6 Å². The highest BCUT2D eigenvalue weighted by atomic mass is 35.5. The molecule has 0 spiro atoms. The predicted molar refractivity (Wildman–Crippen MR) is 145 cm³/mol. The van der Waals surface area contributed by atoms with Gasteiger partial charge in [0, 0.05) is 31.5 Å². The van der Waals surface area contributed by atoms with Crippen molar-refractivity contribution in [3.05, 3.63) is 122 Å². The van der Waals surface area contributed by atoms with Gasteiger partial charge in [0.25, 0.3) is 11.1 Å². The lowest BCUT2D eigenvalue weighted by Crippen LogP contribution is -2.29. The van der Waals surface area contributed by atoms with Crippen molar-refractivity contribution in [2.45, 2.75) is 19.6 Å². The number of halogens is 1. The fourth-order valence-electron chi connectivity index (χ4n) is 4.52. The Balaban J connectivity index is 1.63. The molecule has 0 unspecified atom stereocenters. The number of benzene rings is 2. The van der Waals surface area contributed by atoms with Crippen LogP contribution in [0.3, 0.4) is 0 Å². The van der Waals surface area contributed by atoms with Crippen molar-refractivity contribution in [1.29, 1.82) is 0 Å². The molecule has 0 fully saturated rings. The fourth-order valence-corrected chi connectivity index (χ4v) is 4.74. The van der Waals surface area contributed by atoms with Gasteiger partial charge in [-0.3, -0.25) is 24.6 Å². The summed E-state index contributed by atoms with van der Waals surface area (Å²) in [5, 5.41) is 3.96. The van der Waals surface area contributed by atoms with Crippen molar-refractivity contribution >= 4 is 22.5 Å². The van der Waals surface area contributed by atoms with Crippen LogP contribution in [-0.4, -0.2) is 38.4 Å². The number of H-pyrrole nitrogens is 1. The summed E-state index contributed by atoms with van der Waals surface area (Å²) in [5.41, 5.74) is 3.03. The minimum atomic E-state index is -0.271. The highest BCUT2D eigenvalue weighted by molar-refractivity contribution is 6.32. The Morgan fingerprint density at radius 2 is 1.81 bits per heavy atom. The maximum Gasteiger partial charge on any atom is 0.280 e. The van der Waals surface area contributed by atoms with E-state index in [4.69, 9.17) is 16.3 Å². The van der Waals surface area contributed by atoms with Crippen LogP contribution in [0.5, 0.6) is 5.75 Å². The van der Waals surface area contributed by atoms with E-state index in [0.29, 0.717) is 46.9 Å². The summed E-state index contributed by atoms with van der Waals surface area (Å²) < 4.78 is 8.40. The Labute approximate surface area is 218 Å². The zero-order valence-electron chi connectivity index (χ0n) is 20.5. The molecular formula is C28H26ClN5O3. The number of fused-ring (bicyclic) bond motifs is 1. The van der Waals surface area contributed by atoms with Crippen molar-refractivity contribution in [1.82, 2.24) is 24.2 Å². The second-order valence-corrected chi connectivity index (χ2v) is 9.30. The highest BCUT2D eigenvalue weighted by Crippen LogP contribution is 2.22. The van der Waals surface area contributed by atoms with Crippen LogP contribution in [0.1, 0.15) is 16.8 Å². The van der Waals surface area contributed by atoms with Crippen LogP contribution in [-0.2, 0) is 19.6 Å². The minimum Gasteiger partial charge on any atom is -0.497 e. The van der Waals surface area contributed by atoms with Crippen LogP contribution >= 0.6 is 11.6 Å². The van der Waals surface area contributed by atoms with Crippen LogP contribution < -0.4 is 15.9 Å². The van der Waals surface area contributed by atoms with Gasteiger partial charge in [0.1, 0.15) is 5.75 Å². The molecule has 0 radical (unpaired) electrons. The lowest BCUT2D eigenvalue weighted by molar-refractivity contribution is 0.309. The van der Waals surface area contributed by atoms with Crippen molar-refractivity contribution in [2.75, 3.05) is 14.2 Å². The van der Waals surface area contributed by atoms with Gasteiger partial charge in [-0.1, -0.05) is 41.9 Å². The van der Waals surface area contributed by atoms with E-state index in [1.807, 2.05) is 49.5 Å². The van der Waals surface area contributed by atoms with Crippen molar-refractivity contribution in [3.63, 3.8) is 0 Å². The van der Waals surface area contributed by atoms with E-state index in [2.05, 4.69) is 15.0 Å². The smallest absolute Gasteiger partial charge is 0.280 e. The molecule has 5 aromatic rings. The molecule has 0 atom stereocenters. The number of aromatic nitrogens is 4. The van der Waals surface area contributed by atoms with Gasteiger partial charge in [-0.2, -0.15) is 0 Å². The van der Waals surface area contributed by atoms with Gasteiger partial charge in [-0.15, -0.1) is 0 Å². The average molecular weight is 516 g/mol. The van der Waals surface area contributed by atoms with Crippen LogP contribution in [0, 0.1) is 0 Å². The number of nitrogens with one attached hydrogen (secondary N) is 1. The summed E-state index contributed by atoms with van der Waals surface area (Å²) in [6.07, 6.45) is 3.41. The molecular weight excluding hydrogens is 490 g/mol. The molecule has 8 nitrogen and oxygen atoms in total. The van der Waals surface area contributed by atoms with Crippen LogP contribution in [0.15, 0.2) is 88.7 Å². The van der Waals surface area contributed by atoms with E-state index >= 15 is 0 Å². The molecule has 0 aliphatic carbocycles. The first-order valence-electron chi connectivity index (χ1n) is 11.8. The zero-order chi connectivity index (χ0) is 25.9. The summed E-state index contributed by atoms with van der Waals surface area (Å²) in [4.78, 5) is 33.4. The maximum absolute atomic E-state index is 13.8. The Bertz CT molecular complexity index is 1670. The number of ether oxygens (including phenoxy) is 1. The maximum atomic E-state index is 13.8. The summed E-state index contributed by atoms with van der Waals surface area (Å²) in [6, 6.07) is 20.1. The van der Waals surface area contributed by atoms with E-state index in [9.17, 15) is 9.59 Å². The predicted octanol–water partition coefficient (Wildman–Crippen LogP) is 4.22. The van der Waals surface area contributed by atoms with Gasteiger partial charge in [0.2, 0.25) is 0 Å². The lowest BCUT2D eigenvalue weighted by Gasteiger charge is -2.21. The molecule has 0 saturated heterocycles. The minimum absolute atomic E-state index is 0.214. The third kappa shape index (κ3) is 5.07. The number of methoxy groups -OCH3 is 1. The van der Waals surface area contributed by atoms with E-state index in [1.165, 1.54) is 10.7 Å². The number of nitrogens with zero attached hydrogens (tertiary/aromatic N) is 4. The third-order valence-corrected chi connectivity index (χ3v) is 6.55. The van der Waals surface area contributed by atoms with Crippen molar-refractivity contribution < 1.29 is 4.74 Å². The number of hydrogen-bond donors (Lipinski definition) is 1. The molecule has 0 saturated carbocycles. The molecule has 188 valence electrons. The number of pyridine rings is 2. The second-order valence-electron chi connectivity index (χ2n) is 8.89. The summed E-state index contributed by atoms with van der Waals surface area (Å²) in [7, 11) is 3.59. The van der Waals surface area contributed by atoms with E-state index in [0.717, 1.165) is 16.9 Å². The molecule has 37 heavy (non-hydrogen) atoms. The number of hydrogen-bond acceptors (Lipinski definition) is 5. The van der Waals surface area contributed by atoms with Crippen LogP contribution in [0.4, 0.5) is 0 Å². The zero-order valence-corrected chi connectivity index (χ0v) is 21.3. The average Bonchev–Trinajstić information content (AvgIpc) is 3.22. The Morgan fingerprint density at radius 3 is 2.57 bits per heavy atom. The third-order valence-electron chi connectivity index (χ3n) is 6.23. The van der Waals surface area contributed by atoms with Crippen LogP contribution in [0.2, 0.25) is 5.02 Å². The number of aromatic amines is 1. The first-order valence-corrected chi connectivity index (χ1v) is 12.1. The van der Waals surface area contributed by atoms with E-state index in [1.54, 1.807) is 42.3 Å². The molecule has 9 heteroatoms. The fraction of sp³-hybridized carbons (Fsp3) is 0.179. The largest absolute Gasteiger partial charge is 0.497 e. The molecule has 0 amide bonds. The first-order chi connectivity index (χ1) is 17.9. The number of para-hydroxylation sites is 1. The van der Waals surface area contributed by atoms with Gasteiger partial charge in [0.05, 0.1) is 41.0 Å². The highest BCUT2D eigenvalue weighted by Gasteiger charge is 2.20. The lowest BCUT2D eigenvalue weighted by atomic mass is 10.1. The Morgan fingerprint density at radius 1 is 1.00 bits per heavy atom. The molecule has 2 aromatic carbocycles. The number of rotatable bonds is 8. The molecule has 3 aromatic heterocycles. The standard InChI is InChI=1S/C28H26ClN5O3/c1-32(16-19-7-5-9-21(13-19)37-2)18-25-27-23(14-26(35)33(25)17-20-8-6-12-30-15-20)31-34(28(27)36)24-11-4-3-10-22(24)29/h3-15,31H,16-18H2,1-2H3. The second kappa shape index (κ2) is 10.5. The van der Waals surface area contributed by atoms with Gasteiger partial charge in [-0.25, -0.2) is 4.68 Å². The van der Waals surface area contributed by atoms with E-state index < -0.39 is 0 Å². The first kappa shape index (κ1) is 24.5. The molecule has 0 aliphatic heterocycles. The quantitative estimate of drug-likeness (QED) is 0.334. The summed E-state index contributed by atoms with van der Waals surface area (Å²) >= 11 is 6.40. The SMILES string of the molecule is COc1cccc(CN(C)Cc2c3c(=O)n(-c4ccccc4Cl)[nH]c3cc(=O)n2Cc2cccnc2)c1. The molecule has 0 bridgehead atoms. The molecule has 1 N–H and O–H groups in total. The monoisotopic (exact) mass is 515 g/mol. The molecule has 3 heterocycles. The van der Waals surface area contributed by atoms with Gasteiger partial charge in [0.15, 0.2) is 0 Å². The van der Waals surface area contributed by atoms with Crippen molar-refractivity contribution in [3.8, 4) is 11.4 Å². The Hall–Kier alpha value is -4.14. The Kier molecular flexibility index (Phi) is 6.94. The summed E-state index contributed by atoms with van der Waals surface area (Å²) in [6.45, 7) is 1.25. The van der Waals surface area contributed by atoms with Crippen molar-refractivity contribution in [2.24, 2.45) is 0 Å². The molecule has 5 rings (SSSR count).